The van der Waals surface area contributed by atoms with Crippen LogP contribution in [-0.4, -0.2) is 27.8 Å². The van der Waals surface area contributed by atoms with Crippen molar-refractivity contribution in [3.8, 4) is 0 Å². The van der Waals surface area contributed by atoms with Gasteiger partial charge in [-0.1, -0.05) is 12.1 Å². The van der Waals surface area contributed by atoms with Gasteiger partial charge in [-0.15, -0.1) is 0 Å². The molecule has 3 N–H and O–H groups in total. The number of carbonyl (C=O) groups is 3. The van der Waals surface area contributed by atoms with E-state index in [0.717, 1.165) is 5.56 Å². The van der Waals surface area contributed by atoms with Crippen molar-refractivity contribution in [2.45, 2.75) is 25.7 Å². The number of nitrogens with zero attached hydrogens (tertiary/aromatic N) is 1. The molecule has 0 saturated heterocycles. The van der Waals surface area contributed by atoms with Crippen LogP contribution in [0.15, 0.2) is 48.5 Å². The summed E-state index contributed by atoms with van der Waals surface area (Å²) in [6, 6.07) is 12.2. The molecule has 0 heterocycles. The fraction of sp³-hybridized carbons (Fsp3) is 0.211. The molecule has 28 heavy (non-hydrogen) atoms. The first-order valence-electron chi connectivity index (χ1n) is 8.48. The minimum atomic E-state index is -0.941. The number of non-ortho nitro benzene ring substituents is 1. The first-order chi connectivity index (χ1) is 13.3. The number of hydrogen-bond acceptors (Lipinski definition) is 5. The number of nitro benzene ring substituents is 1. The quantitative estimate of drug-likeness (QED) is 0.448. The average Bonchev–Trinajstić information content (AvgIpc) is 2.63. The molecule has 0 aromatic heterocycles. The number of hydrogen-bond donors (Lipinski definition) is 3. The molecule has 0 atom stereocenters. The fourth-order valence-corrected chi connectivity index (χ4v) is 2.39. The third-order valence-electron chi connectivity index (χ3n) is 3.76. The zero-order valence-electron chi connectivity index (χ0n) is 14.9. The number of carbonyl (C=O) groups excluding carboxylic acids is 2. The summed E-state index contributed by atoms with van der Waals surface area (Å²) < 4.78 is 0. The van der Waals surface area contributed by atoms with Gasteiger partial charge in [-0.25, -0.2) is 0 Å². The van der Waals surface area contributed by atoms with Crippen molar-refractivity contribution in [2.75, 3.05) is 10.6 Å². The second kappa shape index (κ2) is 9.81. The monoisotopic (exact) mass is 385 g/mol. The summed E-state index contributed by atoms with van der Waals surface area (Å²) in [4.78, 5) is 44.3. The molecule has 2 rings (SSSR count). The normalized spacial score (nSPS) is 10.1. The van der Waals surface area contributed by atoms with Crippen LogP contribution >= 0.6 is 0 Å². The predicted octanol–water partition coefficient (Wildman–Crippen LogP) is 2.97. The van der Waals surface area contributed by atoms with E-state index in [1.54, 1.807) is 24.3 Å². The number of carboxylic acids is 1. The maximum Gasteiger partial charge on any atom is 0.303 e. The topological polar surface area (TPSA) is 139 Å². The number of aliphatic carboxylic acids is 1. The van der Waals surface area contributed by atoms with Gasteiger partial charge in [-0.3, -0.25) is 24.5 Å². The standard InChI is InChI=1S/C19H19N3O6/c23-17(2-1-3-19(25)26)20-14-6-4-13(5-7-14)12-18(24)21-15-8-10-16(11-9-15)22(27)28/h4-11H,1-3,12H2,(H,20,23)(H,21,24)(H,25,26). The van der Waals surface area contributed by atoms with Gasteiger partial charge in [0.15, 0.2) is 0 Å². The van der Waals surface area contributed by atoms with Gasteiger partial charge in [0.05, 0.1) is 11.3 Å². The maximum atomic E-state index is 12.1. The molecule has 2 aromatic rings. The van der Waals surface area contributed by atoms with Gasteiger partial charge in [0.2, 0.25) is 11.8 Å². The minimum Gasteiger partial charge on any atom is -0.481 e. The lowest BCUT2D eigenvalue weighted by atomic mass is 10.1. The number of anilines is 2. The molecule has 0 aliphatic heterocycles. The smallest absolute Gasteiger partial charge is 0.303 e. The van der Waals surface area contributed by atoms with Crippen LogP contribution in [0.1, 0.15) is 24.8 Å². The van der Waals surface area contributed by atoms with Crippen LogP contribution < -0.4 is 10.6 Å². The van der Waals surface area contributed by atoms with Crippen LogP contribution in [0.2, 0.25) is 0 Å². The van der Waals surface area contributed by atoms with Gasteiger partial charge in [-0.05, 0) is 36.2 Å². The lowest BCUT2D eigenvalue weighted by molar-refractivity contribution is -0.384. The Labute approximate surface area is 160 Å². The molecule has 9 heteroatoms. The largest absolute Gasteiger partial charge is 0.481 e. The number of nitro groups is 1. The van der Waals surface area contributed by atoms with Crippen molar-refractivity contribution in [3.63, 3.8) is 0 Å². The van der Waals surface area contributed by atoms with Gasteiger partial charge in [0.1, 0.15) is 0 Å². The molecular formula is C19H19N3O6. The Bertz CT molecular complexity index is 862. The van der Waals surface area contributed by atoms with Crippen LogP contribution in [-0.2, 0) is 20.8 Å². The zero-order chi connectivity index (χ0) is 20.5. The van der Waals surface area contributed by atoms with Gasteiger partial charge in [-0.2, -0.15) is 0 Å². The van der Waals surface area contributed by atoms with E-state index in [9.17, 15) is 24.5 Å². The van der Waals surface area contributed by atoms with Crippen molar-refractivity contribution in [1.29, 1.82) is 0 Å². The van der Waals surface area contributed by atoms with Crippen LogP contribution in [0, 0.1) is 10.1 Å². The first-order valence-corrected chi connectivity index (χ1v) is 8.48. The molecular weight excluding hydrogens is 366 g/mol. The predicted molar refractivity (Wildman–Crippen MR) is 102 cm³/mol. The van der Waals surface area contributed by atoms with Crippen LogP contribution in [0.5, 0.6) is 0 Å². The van der Waals surface area contributed by atoms with Crippen molar-refractivity contribution in [1.82, 2.24) is 0 Å². The molecule has 0 aliphatic carbocycles. The number of rotatable bonds is 9. The Balaban J connectivity index is 1.82. The van der Waals surface area contributed by atoms with Crippen molar-refractivity contribution >= 4 is 34.8 Å². The Kier molecular flexibility index (Phi) is 7.21. The molecule has 9 nitrogen and oxygen atoms in total. The number of amides is 2. The third-order valence-corrected chi connectivity index (χ3v) is 3.76. The molecule has 0 radical (unpaired) electrons. The van der Waals surface area contributed by atoms with E-state index in [4.69, 9.17) is 5.11 Å². The van der Waals surface area contributed by atoms with Crippen molar-refractivity contribution < 1.29 is 24.4 Å². The van der Waals surface area contributed by atoms with Crippen LogP contribution in [0.25, 0.3) is 0 Å². The Morgan fingerprint density at radius 2 is 1.39 bits per heavy atom. The first kappa shape index (κ1) is 20.6. The van der Waals surface area contributed by atoms with Gasteiger partial charge >= 0.3 is 5.97 Å². The summed E-state index contributed by atoms with van der Waals surface area (Å²) in [5.74, 6) is -1.49. The Hall–Kier alpha value is -3.75. The highest BCUT2D eigenvalue weighted by Gasteiger charge is 2.08. The molecule has 2 amide bonds. The van der Waals surface area contributed by atoms with Crippen LogP contribution in [0.4, 0.5) is 17.1 Å². The Morgan fingerprint density at radius 1 is 0.857 bits per heavy atom. The summed E-state index contributed by atoms with van der Waals surface area (Å²) in [6.45, 7) is 0. The number of nitrogens with one attached hydrogen (secondary N) is 2. The van der Waals surface area contributed by atoms with E-state index >= 15 is 0 Å². The molecule has 0 aliphatic rings. The molecule has 0 saturated carbocycles. The highest BCUT2D eigenvalue weighted by atomic mass is 16.6. The summed E-state index contributed by atoms with van der Waals surface area (Å²) >= 11 is 0. The SMILES string of the molecule is O=C(O)CCCC(=O)Nc1ccc(CC(=O)Nc2ccc([N+](=O)[O-])cc2)cc1. The Morgan fingerprint density at radius 3 is 1.93 bits per heavy atom. The van der Waals surface area contributed by atoms with E-state index in [1.165, 1.54) is 24.3 Å². The molecule has 0 bridgehead atoms. The third kappa shape index (κ3) is 6.87. The van der Waals surface area contributed by atoms with Crippen molar-refractivity contribution in [2.24, 2.45) is 0 Å². The molecule has 0 fully saturated rings. The lowest BCUT2D eigenvalue weighted by Gasteiger charge is -2.07. The minimum absolute atomic E-state index is 0.0569. The molecule has 0 unspecified atom stereocenters. The van der Waals surface area contributed by atoms with E-state index < -0.39 is 10.9 Å². The zero-order valence-corrected chi connectivity index (χ0v) is 14.9. The summed E-state index contributed by atoms with van der Waals surface area (Å²) in [6.07, 6.45) is 0.424. The van der Waals surface area contributed by atoms with E-state index in [2.05, 4.69) is 10.6 Å². The maximum absolute atomic E-state index is 12.1. The van der Waals surface area contributed by atoms with Gasteiger partial charge in [0, 0.05) is 36.3 Å². The summed E-state index contributed by atoms with van der Waals surface area (Å²) in [7, 11) is 0. The molecule has 0 spiro atoms. The highest BCUT2D eigenvalue weighted by molar-refractivity contribution is 5.93. The van der Waals surface area contributed by atoms with Crippen molar-refractivity contribution in [3.05, 3.63) is 64.2 Å². The second-order valence-electron chi connectivity index (χ2n) is 6.02. The average molecular weight is 385 g/mol. The second-order valence-corrected chi connectivity index (χ2v) is 6.02. The van der Waals surface area contributed by atoms with E-state index in [0.29, 0.717) is 11.4 Å². The number of benzene rings is 2. The molecule has 146 valence electrons. The summed E-state index contributed by atoms with van der Waals surface area (Å²) in [5, 5.41) is 24.5. The number of carboxylic acid groups (broad SMARTS) is 1. The van der Waals surface area contributed by atoms with Gasteiger partial charge in [0.25, 0.3) is 5.69 Å². The lowest BCUT2D eigenvalue weighted by Crippen LogP contribution is -2.14. The summed E-state index contributed by atoms with van der Waals surface area (Å²) in [5.41, 5.74) is 1.68. The molecule has 2 aromatic carbocycles. The fourth-order valence-electron chi connectivity index (χ4n) is 2.39. The van der Waals surface area contributed by atoms with Gasteiger partial charge < -0.3 is 15.7 Å². The highest BCUT2D eigenvalue weighted by Crippen LogP contribution is 2.16. The van der Waals surface area contributed by atoms with E-state index in [-0.39, 0.29) is 43.2 Å². The van der Waals surface area contributed by atoms with E-state index in [1.807, 2.05) is 0 Å². The van der Waals surface area contributed by atoms with Crippen LogP contribution in [0.3, 0.4) is 0 Å².